The molecule has 2 saturated carbocycles. The Morgan fingerprint density at radius 1 is 0.932 bits per heavy atom. The predicted octanol–water partition coefficient (Wildman–Crippen LogP) is 4.41. The van der Waals surface area contributed by atoms with Crippen molar-refractivity contribution in [1.82, 2.24) is 24.9 Å². The summed E-state index contributed by atoms with van der Waals surface area (Å²) in [7, 11) is -2.96. The molecule has 2 aromatic heterocycles. The van der Waals surface area contributed by atoms with Crippen LogP contribution in [0.1, 0.15) is 50.1 Å². The summed E-state index contributed by atoms with van der Waals surface area (Å²) in [4.78, 5) is 15.7. The van der Waals surface area contributed by atoms with Gasteiger partial charge in [-0.2, -0.15) is 15.5 Å². The highest BCUT2D eigenvalue weighted by molar-refractivity contribution is 7.91. The van der Waals surface area contributed by atoms with Crippen LogP contribution in [0.3, 0.4) is 0 Å². The molecule has 3 fully saturated rings. The van der Waals surface area contributed by atoms with Crippen molar-refractivity contribution in [3.63, 3.8) is 0 Å². The largest absolute Gasteiger partial charge is 0.369 e. The summed E-state index contributed by atoms with van der Waals surface area (Å²) in [6, 6.07) is 20.4. The van der Waals surface area contributed by atoms with Gasteiger partial charge in [-0.05, 0) is 73.7 Å². The van der Waals surface area contributed by atoms with Crippen molar-refractivity contribution in [3.05, 3.63) is 78.9 Å². The highest BCUT2D eigenvalue weighted by Gasteiger charge is 2.47. The number of nitrogens with zero attached hydrogens (tertiary/aromatic N) is 6. The van der Waals surface area contributed by atoms with Crippen molar-refractivity contribution < 1.29 is 13.2 Å². The Balaban J connectivity index is 1.23. The van der Waals surface area contributed by atoms with Crippen LogP contribution in [0.4, 0.5) is 5.69 Å². The second kappa shape index (κ2) is 11.2. The normalized spacial score (nSPS) is 22.2. The monoisotopic (exact) mass is 609 g/mol. The quantitative estimate of drug-likeness (QED) is 0.329. The molecule has 2 aromatic carbocycles. The first-order chi connectivity index (χ1) is 21.3. The number of hydrogen-bond donors (Lipinski definition) is 1. The van der Waals surface area contributed by atoms with E-state index in [2.05, 4.69) is 33.5 Å². The van der Waals surface area contributed by atoms with Crippen molar-refractivity contribution >= 4 is 21.4 Å². The minimum absolute atomic E-state index is 0.0479. The van der Waals surface area contributed by atoms with Gasteiger partial charge in [-0.3, -0.25) is 4.79 Å². The molecule has 3 aliphatic rings. The van der Waals surface area contributed by atoms with Crippen LogP contribution in [0.25, 0.3) is 22.5 Å². The highest BCUT2D eigenvalue weighted by Crippen LogP contribution is 2.43. The van der Waals surface area contributed by atoms with E-state index in [9.17, 15) is 18.5 Å². The fourth-order valence-electron chi connectivity index (χ4n) is 6.51. The van der Waals surface area contributed by atoms with Crippen LogP contribution < -0.4 is 10.2 Å². The third-order valence-electron chi connectivity index (χ3n) is 9.29. The molecule has 0 bridgehead atoms. The van der Waals surface area contributed by atoms with Gasteiger partial charge in [-0.15, -0.1) is 0 Å². The maximum Gasteiger partial charge on any atom is 0.225 e. The molecule has 2 aliphatic carbocycles. The molecule has 1 saturated heterocycles. The van der Waals surface area contributed by atoms with Gasteiger partial charge in [-0.1, -0.05) is 25.0 Å². The molecular weight excluding hydrogens is 574 g/mol. The van der Waals surface area contributed by atoms with Crippen molar-refractivity contribution in [2.75, 3.05) is 29.5 Å². The van der Waals surface area contributed by atoms with E-state index in [1.54, 1.807) is 6.20 Å². The van der Waals surface area contributed by atoms with Crippen LogP contribution in [0.2, 0.25) is 0 Å². The third kappa shape index (κ3) is 5.62. The van der Waals surface area contributed by atoms with Crippen molar-refractivity contribution in [3.8, 4) is 28.6 Å². The van der Waals surface area contributed by atoms with E-state index in [1.807, 2.05) is 64.2 Å². The molecule has 44 heavy (non-hydrogen) atoms. The minimum Gasteiger partial charge on any atom is -0.369 e. The van der Waals surface area contributed by atoms with Crippen molar-refractivity contribution in [1.29, 1.82) is 5.26 Å². The van der Waals surface area contributed by atoms with Gasteiger partial charge in [0.2, 0.25) is 5.91 Å². The Bertz CT molecular complexity index is 1790. The molecule has 2 atom stereocenters. The van der Waals surface area contributed by atoms with Gasteiger partial charge in [0.15, 0.2) is 9.84 Å². The van der Waals surface area contributed by atoms with Crippen LogP contribution in [0.15, 0.2) is 73.2 Å². The van der Waals surface area contributed by atoms with E-state index in [1.165, 1.54) is 0 Å². The van der Waals surface area contributed by atoms with E-state index in [0.717, 1.165) is 59.6 Å². The molecule has 7 rings (SSSR count). The first kappa shape index (κ1) is 28.3. The lowest BCUT2D eigenvalue weighted by Crippen LogP contribution is -2.42. The smallest absolute Gasteiger partial charge is 0.225 e. The summed E-state index contributed by atoms with van der Waals surface area (Å²) in [6.45, 7) is 0.977. The van der Waals surface area contributed by atoms with Crippen molar-refractivity contribution in [2.24, 2.45) is 5.92 Å². The number of nitriles is 1. The number of carbonyl (C=O) groups is 1. The number of benzene rings is 2. The third-order valence-corrected chi connectivity index (χ3v) is 10.9. The average molecular weight is 610 g/mol. The number of rotatable bonds is 7. The van der Waals surface area contributed by atoms with Crippen LogP contribution >= 0.6 is 0 Å². The maximum atomic E-state index is 13.6. The van der Waals surface area contributed by atoms with Crippen LogP contribution in [0.5, 0.6) is 0 Å². The van der Waals surface area contributed by atoms with Crippen LogP contribution in [-0.2, 0) is 14.6 Å². The van der Waals surface area contributed by atoms with Gasteiger partial charge in [0, 0.05) is 54.8 Å². The van der Waals surface area contributed by atoms with Gasteiger partial charge < -0.3 is 10.2 Å². The minimum atomic E-state index is -2.96. The van der Waals surface area contributed by atoms with Gasteiger partial charge in [-0.25, -0.2) is 17.8 Å². The number of sulfone groups is 1. The van der Waals surface area contributed by atoms with Crippen LogP contribution in [0, 0.1) is 17.2 Å². The summed E-state index contributed by atoms with van der Waals surface area (Å²) in [5.41, 5.74) is 4.99. The Morgan fingerprint density at radius 3 is 2.23 bits per heavy atom. The Morgan fingerprint density at radius 2 is 1.59 bits per heavy atom. The Kier molecular flexibility index (Phi) is 7.25. The summed E-state index contributed by atoms with van der Waals surface area (Å²) in [5, 5.41) is 22.1. The second-order valence-electron chi connectivity index (χ2n) is 12.2. The Hall–Kier alpha value is -4.43. The van der Waals surface area contributed by atoms with Gasteiger partial charge >= 0.3 is 0 Å². The molecular formula is C33H35N7O3S. The SMILES string of the molecule is N#CC1(NC(=O)C2CCCCC2c2nn(-c3ccc(-n4cccn4)cc3)cc2-c2ccc(N3CCS(=O)(=O)CC3)cc2)CC1. The fourth-order valence-corrected chi connectivity index (χ4v) is 7.71. The van der Waals surface area contributed by atoms with E-state index < -0.39 is 15.4 Å². The van der Waals surface area contributed by atoms with Gasteiger partial charge in [0.1, 0.15) is 5.54 Å². The summed E-state index contributed by atoms with van der Waals surface area (Å²) < 4.78 is 27.6. The molecule has 2 unspecified atom stereocenters. The highest BCUT2D eigenvalue weighted by atomic mass is 32.2. The predicted molar refractivity (Wildman–Crippen MR) is 167 cm³/mol. The molecule has 11 heteroatoms. The standard InChI is InChI=1S/C33H35N7O3S/c34-23-33(14-15-33)36-32(41)29-5-2-1-4-28(29)31-30(24-6-8-25(9-7-24)38-18-20-44(42,43)21-19-38)22-40(37-31)27-12-10-26(11-13-27)39-17-3-16-35-39/h3,6-13,16-17,22,28-29H,1-2,4-5,14-15,18-21H2,(H,36,41). The maximum absolute atomic E-state index is 13.6. The number of anilines is 1. The molecule has 1 aliphatic heterocycles. The van der Waals surface area contributed by atoms with E-state index in [-0.39, 0.29) is 29.2 Å². The number of carbonyl (C=O) groups excluding carboxylic acids is 1. The summed E-state index contributed by atoms with van der Waals surface area (Å²) >= 11 is 0. The average Bonchev–Trinajstić information content (AvgIpc) is 3.41. The van der Waals surface area contributed by atoms with E-state index in [4.69, 9.17) is 5.10 Å². The van der Waals surface area contributed by atoms with Crippen molar-refractivity contribution in [2.45, 2.75) is 50.0 Å². The topological polar surface area (TPSA) is 126 Å². The lowest BCUT2D eigenvalue weighted by atomic mass is 9.75. The first-order valence-corrected chi connectivity index (χ1v) is 17.1. The number of hydrogen-bond acceptors (Lipinski definition) is 7. The van der Waals surface area contributed by atoms with Crippen LogP contribution in [-0.4, -0.2) is 64.0 Å². The fraction of sp³-hybridized carbons (Fsp3) is 0.394. The van der Waals surface area contributed by atoms with E-state index in [0.29, 0.717) is 25.9 Å². The molecule has 10 nitrogen and oxygen atoms in total. The zero-order valence-electron chi connectivity index (χ0n) is 24.5. The molecule has 1 N–H and O–H groups in total. The zero-order chi connectivity index (χ0) is 30.3. The lowest BCUT2D eigenvalue weighted by molar-refractivity contribution is -0.127. The molecule has 0 spiro atoms. The number of amides is 1. The molecule has 4 aromatic rings. The Labute approximate surface area is 257 Å². The van der Waals surface area contributed by atoms with E-state index >= 15 is 0 Å². The zero-order valence-corrected chi connectivity index (χ0v) is 25.3. The first-order valence-electron chi connectivity index (χ1n) is 15.3. The number of nitrogens with one attached hydrogen (secondary N) is 1. The van der Waals surface area contributed by atoms with Gasteiger partial charge in [0.25, 0.3) is 0 Å². The summed E-state index contributed by atoms with van der Waals surface area (Å²) in [5.74, 6) is -0.0435. The lowest BCUT2D eigenvalue weighted by Gasteiger charge is -2.31. The second-order valence-corrected chi connectivity index (χ2v) is 14.5. The summed E-state index contributed by atoms with van der Waals surface area (Å²) in [6.07, 6.45) is 10.7. The van der Waals surface area contributed by atoms with Gasteiger partial charge in [0.05, 0.1) is 34.6 Å². The molecule has 1 amide bonds. The molecule has 0 radical (unpaired) electrons. The number of aromatic nitrogens is 4. The molecule has 226 valence electrons. The molecule has 3 heterocycles.